The van der Waals surface area contributed by atoms with E-state index in [0.717, 1.165) is 6.54 Å². The van der Waals surface area contributed by atoms with Gasteiger partial charge in [-0.3, -0.25) is 4.21 Å². The van der Waals surface area contributed by atoms with Crippen molar-refractivity contribution in [1.82, 2.24) is 5.32 Å². The number of nitrogens with one attached hydrogen (secondary N) is 1. The average molecular weight is 267 g/mol. The van der Waals surface area contributed by atoms with Gasteiger partial charge in [-0.15, -0.1) is 0 Å². The second-order valence-electron chi connectivity index (χ2n) is 3.81. The highest BCUT2D eigenvalue weighted by Gasteiger charge is 2.02. The minimum absolute atomic E-state index is 0.266. The molecule has 0 saturated heterocycles. The Labute approximate surface area is 107 Å². The van der Waals surface area contributed by atoms with Gasteiger partial charge in [0.25, 0.3) is 0 Å². The summed E-state index contributed by atoms with van der Waals surface area (Å²) < 4.78 is 26.4. The van der Waals surface area contributed by atoms with Crippen molar-refractivity contribution in [3.8, 4) is 0 Å². The Morgan fingerprint density at radius 3 is 2.29 bits per heavy atom. The fourth-order valence-electron chi connectivity index (χ4n) is 1.25. The van der Waals surface area contributed by atoms with E-state index in [0.29, 0.717) is 38.8 Å². The Hall–Kier alpha value is -0.0100. The SMILES string of the molecule is COCCOCCOCCNC(C)CS(C)=O. The first-order chi connectivity index (χ1) is 8.16. The molecule has 2 atom stereocenters. The average Bonchev–Trinajstić information content (AvgIpc) is 2.26. The molecule has 0 aliphatic rings. The molecular formula is C11H25NO4S. The third-order valence-electron chi connectivity index (χ3n) is 2.03. The Balaban J connectivity index is 3.10. The van der Waals surface area contributed by atoms with Gasteiger partial charge in [0.1, 0.15) is 0 Å². The maximum absolute atomic E-state index is 10.9. The molecule has 0 radical (unpaired) electrons. The second kappa shape index (κ2) is 12.4. The van der Waals surface area contributed by atoms with Gasteiger partial charge < -0.3 is 19.5 Å². The van der Waals surface area contributed by atoms with Gasteiger partial charge in [0.05, 0.1) is 33.0 Å². The van der Waals surface area contributed by atoms with Crippen molar-refractivity contribution in [1.29, 1.82) is 0 Å². The van der Waals surface area contributed by atoms with Crippen LogP contribution in [0.1, 0.15) is 6.92 Å². The number of methoxy groups -OCH3 is 1. The van der Waals surface area contributed by atoms with Crippen LogP contribution in [0.2, 0.25) is 0 Å². The van der Waals surface area contributed by atoms with Crippen LogP contribution in [0.5, 0.6) is 0 Å². The van der Waals surface area contributed by atoms with Crippen LogP contribution in [0.25, 0.3) is 0 Å². The molecule has 0 spiro atoms. The van der Waals surface area contributed by atoms with E-state index in [-0.39, 0.29) is 6.04 Å². The zero-order valence-electron chi connectivity index (χ0n) is 11.1. The van der Waals surface area contributed by atoms with Gasteiger partial charge >= 0.3 is 0 Å². The summed E-state index contributed by atoms with van der Waals surface area (Å²) in [5.74, 6) is 0.681. The van der Waals surface area contributed by atoms with Crippen LogP contribution in [-0.2, 0) is 25.0 Å². The van der Waals surface area contributed by atoms with Crippen LogP contribution in [0.3, 0.4) is 0 Å². The maximum Gasteiger partial charge on any atom is 0.0701 e. The lowest BCUT2D eigenvalue weighted by atomic mass is 10.4. The fourth-order valence-corrected chi connectivity index (χ4v) is 2.07. The Kier molecular flexibility index (Phi) is 12.4. The van der Waals surface area contributed by atoms with Crippen molar-refractivity contribution in [2.75, 3.05) is 58.7 Å². The van der Waals surface area contributed by atoms with Crippen LogP contribution in [0.15, 0.2) is 0 Å². The van der Waals surface area contributed by atoms with E-state index in [1.807, 2.05) is 6.92 Å². The summed E-state index contributed by atoms with van der Waals surface area (Å²) in [5, 5.41) is 3.25. The standard InChI is InChI=1S/C11H25NO4S/c1-11(10-17(3)13)12-4-5-15-8-9-16-7-6-14-2/h11-12H,4-10H2,1-3H3. The van der Waals surface area contributed by atoms with Crippen LogP contribution in [0, 0.1) is 0 Å². The summed E-state index contributed by atoms with van der Waals surface area (Å²) in [6.07, 6.45) is 1.71. The van der Waals surface area contributed by atoms with Crippen molar-refractivity contribution >= 4 is 10.8 Å². The minimum Gasteiger partial charge on any atom is -0.382 e. The Morgan fingerprint density at radius 1 is 1.12 bits per heavy atom. The summed E-state index contributed by atoms with van der Waals surface area (Å²) in [6, 6.07) is 0.266. The molecular weight excluding hydrogens is 242 g/mol. The highest BCUT2D eigenvalue weighted by Crippen LogP contribution is 1.85. The largest absolute Gasteiger partial charge is 0.382 e. The molecule has 0 aliphatic heterocycles. The van der Waals surface area contributed by atoms with E-state index in [4.69, 9.17) is 14.2 Å². The summed E-state index contributed by atoms with van der Waals surface area (Å²) in [4.78, 5) is 0. The van der Waals surface area contributed by atoms with E-state index < -0.39 is 10.8 Å². The molecule has 5 nitrogen and oxygen atoms in total. The molecule has 2 unspecified atom stereocenters. The molecule has 17 heavy (non-hydrogen) atoms. The van der Waals surface area contributed by atoms with Crippen molar-refractivity contribution in [2.45, 2.75) is 13.0 Å². The lowest BCUT2D eigenvalue weighted by Crippen LogP contribution is -2.33. The summed E-state index contributed by atoms with van der Waals surface area (Å²) >= 11 is 0. The smallest absolute Gasteiger partial charge is 0.0701 e. The molecule has 0 rings (SSSR count). The van der Waals surface area contributed by atoms with Gasteiger partial charge in [-0.2, -0.15) is 0 Å². The van der Waals surface area contributed by atoms with Crippen LogP contribution >= 0.6 is 0 Å². The van der Waals surface area contributed by atoms with E-state index in [2.05, 4.69) is 5.32 Å². The van der Waals surface area contributed by atoms with E-state index >= 15 is 0 Å². The molecule has 0 aliphatic carbocycles. The van der Waals surface area contributed by atoms with Crippen LogP contribution in [-0.4, -0.2) is 68.9 Å². The van der Waals surface area contributed by atoms with Crippen molar-refractivity contribution < 1.29 is 18.4 Å². The lowest BCUT2D eigenvalue weighted by molar-refractivity contribution is 0.0253. The third-order valence-corrected chi connectivity index (χ3v) is 3.00. The molecule has 0 aromatic heterocycles. The Bertz CT molecular complexity index is 192. The first kappa shape index (κ1) is 17.0. The molecule has 0 amide bonds. The summed E-state index contributed by atoms with van der Waals surface area (Å²) in [7, 11) is 0.904. The highest BCUT2D eigenvalue weighted by atomic mass is 32.2. The first-order valence-electron chi connectivity index (χ1n) is 5.84. The number of hydrogen-bond acceptors (Lipinski definition) is 5. The summed E-state index contributed by atoms with van der Waals surface area (Å²) in [6.45, 7) is 5.86. The Morgan fingerprint density at radius 2 is 1.71 bits per heavy atom. The van der Waals surface area contributed by atoms with Crippen molar-refractivity contribution in [3.63, 3.8) is 0 Å². The van der Waals surface area contributed by atoms with Gasteiger partial charge in [-0.1, -0.05) is 0 Å². The lowest BCUT2D eigenvalue weighted by Gasteiger charge is -2.12. The van der Waals surface area contributed by atoms with Crippen molar-refractivity contribution in [2.24, 2.45) is 0 Å². The number of rotatable bonds is 12. The van der Waals surface area contributed by atoms with Crippen LogP contribution < -0.4 is 5.32 Å². The molecule has 104 valence electrons. The van der Waals surface area contributed by atoms with Gasteiger partial charge in [0.15, 0.2) is 0 Å². The van der Waals surface area contributed by atoms with Gasteiger partial charge in [0, 0.05) is 42.5 Å². The minimum atomic E-state index is -0.744. The van der Waals surface area contributed by atoms with Gasteiger partial charge in [-0.05, 0) is 6.92 Å². The number of hydrogen-bond donors (Lipinski definition) is 1. The second-order valence-corrected chi connectivity index (χ2v) is 5.29. The van der Waals surface area contributed by atoms with E-state index in [1.54, 1.807) is 13.4 Å². The van der Waals surface area contributed by atoms with E-state index in [9.17, 15) is 4.21 Å². The van der Waals surface area contributed by atoms with Crippen LogP contribution in [0.4, 0.5) is 0 Å². The summed E-state index contributed by atoms with van der Waals surface area (Å²) in [5.41, 5.74) is 0. The molecule has 0 saturated carbocycles. The monoisotopic (exact) mass is 267 g/mol. The predicted octanol–water partition coefficient (Wildman–Crippen LogP) is 0.0226. The molecule has 0 bridgehead atoms. The number of ether oxygens (including phenoxy) is 3. The third kappa shape index (κ3) is 13.9. The predicted molar refractivity (Wildman–Crippen MR) is 69.9 cm³/mol. The van der Waals surface area contributed by atoms with Crippen molar-refractivity contribution in [3.05, 3.63) is 0 Å². The molecule has 0 aromatic carbocycles. The molecule has 6 heteroatoms. The highest BCUT2D eigenvalue weighted by molar-refractivity contribution is 7.84. The molecule has 1 N–H and O–H groups in total. The fraction of sp³-hybridized carbons (Fsp3) is 1.00. The van der Waals surface area contributed by atoms with Gasteiger partial charge in [0.2, 0.25) is 0 Å². The van der Waals surface area contributed by atoms with Gasteiger partial charge in [-0.25, -0.2) is 0 Å². The normalized spacial score (nSPS) is 14.8. The van der Waals surface area contributed by atoms with E-state index in [1.165, 1.54) is 0 Å². The topological polar surface area (TPSA) is 56.8 Å². The molecule has 0 aromatic rings. The maximum atomic E-state index is 10.9. The zero-order valence-corrected chi connectivity index (χ0v) is 11.9. The molecule has 0 fully saturated rings. The quantitative estimate of drug-likeness (QED) is 0.505. The molecule has 0 heterocycles. The zero-order chi connectivity index (χ0) is 12.9. The first-order valence-corrected chi connectivity index (χ1v) is 7.57.